The van der Waals surface area contributed by atoms with Gasteiger partial charge in [0.15, 0.2) is 0 Å². The summed E-state index contributed by atoms with van der Waals surface area (Å²) in [6, 6.07) is 8.10. The number of aliphatic hydroxyl groups excluding tert-OH is 1. The largest absolute Gasteiger partial charge is 0.493 e. The van der Waals surface area contributed by atoms with E-state index in [9.17, 15) is 0 Å². The number of rotatable bonds is 8. The van der Waals surface area contributed by atoms with Gasteiger partial charge in [-0.05, 0) is 37.1 Å². The van der Waals surface area contributed by atoms with E-state index in [0.717, 1.165) is 18.8 Å². The monoisotopic (exact) mass is 251 g/mol. The van der Waals surface area contributed by atoms with Crippen LogP contribution in [0.25, 0.3) is 0 Å². The lowest BCUT2D eigenvalue weighted by atomic mass is 10.2. The van der Waals surface area contributed by atoms with Gasteiger partial charge in [-0.1, -0.05) is 26.0 Å². The summed E-state index contributed by atoms with van der Waals surface area (Å²) >= 11 is 0. The molecule has 1 rings (SSSR count). The molecule has 3 nitrogen and oxygen atoms in total. The molecule has 1 aromatic carbocycles. The molecule has 0 saturated heterocycles. The summed E-state index contributed by atoms with van der Waals surface area (Å²) in [5, 5.41) is 12.6. The first-order valence-corrected chi connectivity index (χ1v) is 6.68. The van der Waals surface area contributed by atoms with Crippen molar-refractivity contribution in [2.75, 3.05) is 13.2 Å². The van der Waals surface area contributed by atoms with Gasteiger partial charge in [0.1, 0.15) is 5.75 Å². The summed E-state index contributed by atoms with van der Waals surface area (Å²) in [4.78, 5) is 0. The second-order valence-corrected chi connectivity index (χ2v) is 5.16. The molecule has 0 heterocycles. The van der Waals surface area contributed by atoms with Crippen molar-refractivity contribution in [1.29, 1.82) is 0 Å². The molecule has 18 heavy (non-hydrogen) atoms. The van der Waals surface area contributed by atoms with Gasteiger partial charge in [-0.2, -0.15) is 0 Å². The normalized spacial score (nSPS) is 12.7. The van der Waals surface area contributed by atoms with E-state index in [2.05, 4.69) is 31.3 Å². The first-order valence-electron chi connectivity index (χ1n) is 6.68. The molecule has 0 aliphatic rings. The maximum atomic E-state index is 9.16. The second kappa shape index (κ2) is 8.11. The van der Waals surface area contributed by atoms with E-state index in [1.165, 1.54) is 5.56 Å². The summed E-state index contributed by atoms with van der Waals surface area (Å²) in [6.07, 6.45) is 0.358. The topological polar surface area (TPSA) is 41.5 Å². The molecule has 1 atom stereocenters. The molecule has 0 aromatic heterocycles. The third-order valence-corrected chi connectivity index (χ3v) is 2.58. The Morgan fingerprint density at radius 3 is 2.72 bits per heavy atom. The van der Waals surface area contributed by atoms with Gasteiger partial charge in [0.05, 0.1) is 12.7 Å². The third-order valence-electron chi connectivity index (χ3n) is 2.58. The Morgan fingerprint density at radius 1 is 1.28 bits per heavy atom. The van der Waals surface area contributed by atoms with E-state index < -0.39 is 0 Å². The van der Waals surface area contributed by atoms with Crippen molar-refractivity contribution in [1.82, 2.24) is 5.32 Å². The fraction of sp³-hybridized carbons (Fsp3) is 0.600. The molecular weight excluding hydrogens is 226 g/mol. The van der Waals surface area contributed by atoms with Crippen LogP contribution in [0.4, 0.5) is 0 Å². The van der Waals surface area contributed by atoms with Crippen molar-refractivity contribution in [2.45, 2.75) is 39.8 Å². The minimum atomic E-state index is -0.305. The first-order chi connectivity index (χ1) is 8.58. The molecule has 0 fully saturated rings. The lowest BCUT2D eigenvalue weighted by molar-refractivity contribution is 0.155. The van der Waals surface area contributed by atoms with Gasteiger partial charge in [0.2, 0.25) is 0 Å². The number of ether oxygens (including phenoxy) is 1. The zero-order chi connectivity index (χ0) is 13.4. The van der Waals surface area contributed by atoms with Crippen LogP contribution in [0.15, 0.2) is 24.3 Å². The predicted octanol–water partition coefficient (Wildman–Crippen LogP) is 2.58. The van der Waals surface area contributed by atoms with Gasteiger partial charge in [0.25, 0.3) is 0 Å². The summed E-state index contributed by atoms with van der Waals surface area (Å²) in [7, 11) is 0. The molecule has 0 amide bonds. The highest BCUT2D eigenvalue weighted by Crippen LogP contribution is 2.13. The number of aliphatic hydroxyl groups is 1. The van der Waals surface area contributed by atoms with Crippen molar-refractivity contribution in [3.8, 4) is 5.75 Å². The van der Waals surface area contributed by atoms with Crippen LogP contribution in [-0.2, 0) is 6.54 Å². The molecule has 0 bridgehead atoms. The maximum Gasteiger partial charge on any atom is 0.119 e. The van der Waals surface area contributed by atoms with E-state index in [-0.39, 0.29) is 6.10 Å². The number of hydrogen-bond acceptors (Lipinski definition) is 3. The van der Waals surface area contributed by atoms with E-state index >= 15 is 0 Å². The fourth-order valence-electron chi connectivity index (χ4n) is 1.60. The van der Waals surface area contributed by atoms with Crippen molar-refractivity contribution in [3.63, 3.8) is 0 Å². The van der Waals surface area contributed by atoms with E-state index in [4.69, 9.17) is 9.84 Å². The molecular formula is C15H25NO2. The average molecular weight is 251 g/mol. The smallest absolute Gasteiger partial charge is 0.119 e. The van der Waals surface area contributed by atoms with Crippen molar-refractivity contribution in [2.24, 2.45) is 5.92 Å². The quantitative estimate of drug-likeness (QED) is 0.746. The lowest BCUT2D eigenvalue weighted by Crippen LogP contribution is -2.18. The highest BCUT2D eigenvalue weighted by Gasteiger charge is 2.00. The van der Waals surface area contributed by atoms with E-state index in [1.807, 2.05) is 12.1 Å². The van der Waals surface area contributed by atoms with Crippen LogP contribution in [0.5, 0.6) is 5.75 Å². The zero-order valence-corrected chi connectivity index (χ0v) is 11.6. The SMILES string of the molecule is CC(C)CNCc1cccc(OCCC(C)O)c1. The van der Waals surface area contributed by atoms with Gasteiger partial charge in [0, 0.05) is 13.0 Å². The van der Waals surface area contributed by atoms with Gasteiger partial charge < -0.3 is 15.2 Å². The third kappa shape index (κ3) is 6.62. The standard InChI is InChI=1S/C15H25NO2/c1-12(2)10-16-11-14-5-4-6-15(9-14)18-8-7-13(3)17/h4-6,9,12-13,16-17H,7-8,10-11H2,1-3H3. The predicted molar refractivity (Wildman–Crippen MR) is 74.8 cm³/mol. The highest BCUT2D eigenvalue weighted by atomic mass is 16.5. The second-order valence-electron chi connectivity index (χ2n) is 5.16. The fourth-order valence-corrected chi connectivity index (χ4v) is 1.60. The van der Waals surface area contributed by atoms with Crippen molar-refractivity contribution in [3.05, 3.63) is 29.8 Å². The summed E-state index contributed by atoms with van der Waals surface area (Å²) in [5.74, 6) is 1.54. The Balaban J connectivity index is 2.36. The molecule has 1 unspecified atom stereocenters. The van der Waals surface area contributed by atoms with Crippen molar-refractivity contribution >= 4 is 0 Å². The highest BCUT2D eigenvalue weighted by molar-refractivity contribution is 5.28. The Morgan fingerprint density at radius 2 is 2.06 bits per heavy atom. The Labute approximate surface area is 110 Å². The zero-order valence-electron chi connectivity index (χ0n) is 11.6. The van der Waals surface area contributed by atoms with E-state index in [1.54, 1.807) is 6.92 Å². The van der Waals surface area contributed by atoms with Crippen LogP contribution >= 0.6 is 0 Å². The molecule has 0 aliphatic heterocycles. The van der Waals surface area contributed by atoms with E-state index in [0.29, 0.717) is 18.9 Å². The summed E-state index contributed by atoms with van der Waals surface area (Å²) in [5.41, 5.74) is 1.23. The van der Waals surface area contributed by atoms with Crippen LogP contribution in [0.1, 0.15) is 32.8 Å². The van der Waals surface area contributed by atoms with Crippen LogP contribution in [0.2, 0.25) is 0 Å². The molecule has 3 heteroatoms. The van der Waals surface area contributed by atoms with Gasteiger partial charge >= 0.3 is 0 Å². The summed E-state index contributed by atoms with van der Waals surface area (Å²) in [6.45, 7) is 8.61. The van der Waals surface area contributed by atoms with Gasteiger partial charge in [-0.3, -0.25) is 0 Å². The van der Waals surface area contributed by atoms with Crippen LogP contribution in [0, 0.1) is 5.92 Å². The van der Waals surface area contributed by atoms with Gasteiger partial charge in [-0.25, -0.2) is 0 Å². The van der Waals surface area contributed by atoms with Crippen LogP contribution < -0.4 is 10.1 Å². The Kier molecular flexibility index (Phi) is 6.76. The molecule has 0 saturated carbocycles. The molecule has 102 valence electrons. The van der Waals surface area contributed by atoms with Crippen LogP contribution in [0.3, 0.4) is 0 Å². The maximum absolute atomic E-state index is 9.16. The number of benzene rings is 1. The lowest BCUT2D eigenvalue weighted by Gasteiger charge is -2.10. The molecule has 0 radical (unpaired) electrons. The minimum absolute atomic E-state index is 0.305. The van der Waals surface area contributed by atoms with Crippen molar-refractivity contribution < 1.29 is 9.84 Å². The average Bonchev–Trinajstić information content (AvgIpc) is 2.28. The Hall–Kier alpha value is -1.06. The Bertz CT molecular complexity index is 308. The number of nitrogens with one attached hydrogen (secondary N) is 1. The number of hydrogen-bond donors (Lipinski definition) is 2. The molecule has 0 aliphatic carbocycles. The molecule has 0 spiro atoms. The molecule has 2 N–H and O–H groups in total. The minimum Gasteiger partial charge on any atom is -0.493 e. The van der Waals surface area contributed by atoms with Crippen LogP contribution in [-0.4, -0.2) is 24.4 Å². The first kappa shape index (κ1) is 15.0. The summed E-state index contributed by atoms with van der Waals surface area (Å²) < 4.78 is 5.60. The van der Waals surface area contributed by atoms with Gasteiger partial charge in [-0.15, -0.1) is 0 Å². The molecule has 1 aromatic rings.